The molecule has 28 heavy (non-hydrogen) atoms. The zero-order chi connectivity index (χ0) is 19.4. The van der Waals surface area contributed by atoms with Crippen LogP contribution in [0.3, 0.4) is 0 Å². The number of hydrogen-bond donors (Lipinski definition) is 1. The number of ether oxygens (including phenoxy) is 1. The molecule has 3 rings (SSSR count). The molecule has 152 valence electrons. The third-order valence-electron chi connectivity index (χ3n) is 5.82. The van der Waals surface area contributed by atoms with E-state index in [0.717, 1.165) is 31.2 Å². The molecule has 0 heterocycles. The van der Waals surface area contributed by atoms with E-state index in [-0.39, 0.29) is 30.3 Å². The maximum atomic E-state index is 11.8. The van der Waals surface area contributed by atoms with Gasteiger partial charge in [0.05, 0.1) is 18.3 Å². The van der Waals surface area contributed by atoms with Gasteiger partial charge in [-0.25, -0.2) is 4.79 Å². The van der Waals surface area contributed by atoms with E-state index in [9.17, 15) is 9.90 Å². The molecule has 0 aromatic heterocycles. The van der Waals surface area contributed by atoms with Gasteiger partial charge in [0.25, 0.3) is 0 Å². The van der Waals surface area contributed by atoms with Crippen LogP contribution < -0.4 is 0 Å². The number of carbonyl (C=O) groups excluding carboxylic acids is 1. The fourth-order valence-corrected chi connectivity index (χ4v) is 4.51. The van der Waals surface area contributed by atoms with Crippen molar-refractivity contribution < 1.29 is 14.6 Å². The second kappa shape index (κ2) is 9.55. The minimum atomic E-state index is -0.919. The lowest BCUT2D eigenvalue weighted by Gasteiger charge is -2.46. The normalized spacial score (nSPS) is 23.0. The highest BCUT2D eigenvalue weighted by Gasteiger charge is 2.45. The Bertz CT molecular complexity index is 763. The van der Waals surface area contributed by atoms with E-state index >= 15 is 0 Å². The molecule has 2 aromatic carbocycles. The van der Waals surface area contributed by atoms with Gasteiger partial charge in [0.2, 0.25) is 0 Å². The molecule has 1 aliphatic carbocycles. The van der Waals surface area contributed by atoms with E-state index in [2.05, 4.69) is 43.3 Å². The fraction of sp³-hybridized carbons (Fsp3) is 0.435. The van der Waals surface area contributed by atoms with Crippen molar-refractivity contribution in [2.24, 2.45) is 5.92 Å². The zero-order valence-corrected chi connectivity index (χ0v) is 17.6. The Hall–Kier alpha value is -1.88. The SMILES string of the molecule is COC(=O)c1ccc(C2(O)CCCCC2C(c2ccccc2)N(C)C)cc1.Cl. The van der Waals surface area contributed by atoms with E-state index < -0.39 is 5.60 Å². The third-order valence-corrected chi connectivity index (χ3v) is 5.82. The molecule has 0 aliphatic heterocycles. The molecule has 0 amide bonds. The van der Waals surface area contributed by atoms with Gasteiger partial charge >= 0.3 is 5.97 Å². The number of rotatable bonds is 5. The van der Waals surface area contributed by atoms with Gasteiger partial charge < -0.3 is 14.7 Å². The maximum Gasteiger partial charge on any atom is 0.337 e. The number of esters is 1. The van der Waals surface area contributed by atoms with Gasteiger partial charge in [0.15, 0.2) is 0 Å². The molecule has 4 nitrogen and oxygen atoms in total. The fourth-order valence-electron chi connectivity index (χ4n) is 4.51. The van der Waals surface area contributed by atoms with Crippen molar-refractivity contribution in [3.8, 4) is 0 Å². The van der Waals surface area contributed by atoms with Crippen LogP contribution in [-0.4, -0.2) is 37.2 Å². The summed E-state index contributed by atoms with van der Waals surface area (Å²) in [5, 5.41) is 11.8. The lowest BCUT2D eigenvalue weighted by atomic mass is 9.67. The number of hydrogen-bond acceptors (Lipinski definition) is 4. The molecule has 3 unspecified atom stereocenters. The van der Waals surface area contributed by atoms with Crippen LogP contribution in [0.15, 0.2) is 54.6 Å². The van der Waals surface area contributed by atoms with Gasteiger partial charge in [-0.15, -0.1) is 12.4 Å². The van der Waals surface area contributed by atoms with Gasteiger partial charge in [0.1, 0.15) is 0 Å². The van der Waals surface area contributed by atoms with Crippen molar-refractivity contribution in [3.05, 3.63) is 71.3 Å². The molecule has 3 atom stereocenters. The van der Waals surface area contributed by atoms with Crippen LogP contribution in [0.4, 0.5) is 0 Å². The molecule has 2 aromatic rings. The summed E-state index contributed by atoms with van der Waals surface area (Å²) in [4.78, 5) is 13.9. The standard InChI is InChI=1S/C23H29NO3.ClH/c1-24(2)21(17-9-5-4-6-10-17)20-11-7-8-16-23(20,26)19-14-12-18(13-15-19)22(25)27-3;/h4-6,9-10,12-15,20-21,26H,7-8,11,16H2,1-3H3;1H. The summed E-state index contributed by atoms with van der Waals surface area (Å²) in [5.41, 5.74) is 1.68. The van der Waals surface area contributed by atoms with Crippen molar-refractivity contribution in [2.75, 3.05) is 21.2 Å². The second-order valence-corrected chi connectivity index (χ2v) is 7.66. The lowest BCUT2D eigenvalue weighted by Crippen LogP contribution is -2.45. The first-order valence-corrected chi connectivity index (χ1v) is 9.60. The average molecular weight is 404 g/mol. The molecule has 0 spiro atoms. The van der Waals surface area contributed by atoms with Gasteiger partial charge in [-0.3, -0.25) is 0 Å². The molecule has 0 saturated heterocycles. The molecule has 1 saturated carbocycles. The highest BCUT2D eigenvalue weighted by Crippen LogP contribution is 2.48. The third kappa shape index (κ3) is 4.40. The number of aliphatic hydroxyl groups is 1. The molecule has 0 radical (unpaired) electrons. The number of halogens is 1. The Morgan fingerprint density at radius 1 is 1.11 bits per heavy atom. The Balaban J connectivity index is 0.00000280. The average Bonchev–Trinajstić information content (AvgIpc) is 2.70. The van der Waals surface area contributed by atoms with Crippen LogP contribution in [0.2, 0.25) is 0 Å². The zero-order valence-electron chi connectivity index (χ0n) is 16.8. The smallest absolute Gasteiger partial charge is 0.337 e. The van der Waals surface area contributed by atoms with Crippen LogP contribution in [-0.2, 0) is 10.3 Å². The number of benzene rings is 2. The molecule has 1 fully saturated rings. The number of nitrogens with zero attached hydrogens (tertiary/aromatic N) is 1. The quantitative estimate of drug-likeness (QED) is 0.742. The summed E-state index contributed by atoms with van der Waals surface area (Å²) in [6.45, 7) is 0. The van der Waals surface area contributed by atoms with Gasteiger partial charge in [-0.1, -0.05) is 55.3 Å². The molecule has 0 bridgehead atoms. The summed E-state index contributed by atoms with van der Waals surface area (Å²) < 4.78 is 4.79. The van der Waals surface area contributed by atoms with Crippen molar-refractivity contribution in [2.45, 2.75) is 37.3 Å². The van der Waals surface area contributed by atoms with Crippen LogP contribution in [0, 0.1) is 5.92 Å². The van der Waals surface area contributed by atoms with Crippen LogP contribution in [0.25, 0.3) is 0 Å². The first-order chi connectivity index (χ1) is 13.0. The van der Waals surface area contributed by atoms with Gasteiger partial charge in [-0.05, 0) is 50.2 Å². The Kier molecular flexibility index (Phi) is 7.64. The van der Waals surface area contributed by atoms with Crippen LogP contribution in [0.1, 0.15) is 53.2 Å². The largest absolute Gasteiger partial charge is 0.465 e. The maximum absolute atomic E-state index is 11.8. The number of methoxy groups -OCH3 is 1. The van der Waals surface area contributed by atoms with Crippen LogP contribution >= 0.6 is 12.4 Å². The highest BCUT2D eigenvalue weighted by atomic mass is 35.5. The second-order valence-electron chi connectivity index (χ2n) is 7.66. The topological polar surface area (TPSA) is 49.8 Å². The molecular formula is C23H30ClNO3. The van der Waals surface area contributed by atoms with Crippen molar-refractivity contribution in [3.63, 3.8) is 0 Å². The summed E-state index contributed by atoms with van der Waals surface area (Å²) in [7, 11) is 5.53. The van der Waals surface area contributed by atoms with E-state index in [0.29, 0.717) is 5.56 Å². The minimum Gasteiger partial charge on any atom is -0.465 e. The Morgan fingerprint density at radius 3 is 2.32 bits per heavy atom. The first kappa shape index (κ1) is 22.4. The van der Waals surface area contributed by atoms with E-state index in [1.165, 1.54) is 12.7 Å². The monoisotopic (exact) mass is 403 g/mol. The van der Waals surface area contributed by atoms with Crippen LogP contribution in [0.5, 0.6) is 0 Å². The molecule has 5 heteroatoms. The summed E-state index contributed by atoms with van der Waals surface area (Å²) in [5.74, 6) is -0.281. The minimum absolute atomic E-state index is 0. The van der Waals surface area contributed by atoms with E-state index in [4.69, 9.17) is 4.74 Å². The van der Waals surface area contributed by atoms with Gasteiger partial charge in [-0.2, -0.15) is 0 Å². The summed E-state index contributed by atoms with van der Waals surface area (Å²) in [6.07, 6.45) is 3.81. The van der Waals surface area contributed by atoms with Crippen molar-refractivity contribution in [1.29, 1.82) is 0 Å². The Morgan fingerprint density at radius 2 is 1.75 bits per heavy atom. The summed E-state index contributed by atoms with van der Waals surface area (Å²) in [6, 6.07) is 17.8. The predicted octanol–water partition coefficient (Wildman–Crippen LogP) is 4.58. The lowest BCUT2D eigenvalue weighted by molar-refractivity contribution is -0.0838. The van der Waals surface area contributed by atoms with Crippen molar-refractivity contribution in [1.82, 2.24) is 4.90 Å². The number of carbonyl (C=O) groups is 1. The van der Waals surface area contributed by atoms with Gasteiger partial charge in [0, 0.05) is 12.0 Å². The predicted molar refractivity (Wildman–Crippen MR) is 114 cm³/mol. The first-order valence-electron chi connectivity index (χ1n) is 9.60. The molecular weight excluding hydrogens is 374 g/mol. The molecule has 1 aliphatic rings. The molecule has 1 N–H and O–H groups in total. The Labute approximate surface area is 173 Å². The summed E-state index contributed by atoms with van der Waals surface area (Å²) >= 11 is 0. The van der Waals surface area contributed by atoms with Crippen molar-refractivity contribution >= 4 is 18.4 Å². The van der Waals surface area contributed by atoms with E-state index in [1.54, 1.807) is 12.1 Å². The highest BCUT2D eigenvalue weighted by molar-refractivity contribution is 5.89. The van der Waals surface area contributed by atoms with E-state index in [1.807, 2.05) is 18.2 Å².